The van der Waals surface area contributed by atoms with Gasteiger partial charge < -0.3 is 9.47 Å². The van der Waals surface area contributed by atoms with Crippen LogP contribution in [0.2, 0.25) is 0 Å². The van der Waals surface area contributed by atoms with E-state index in [1.165, 1.54) is 7.11 Å². The first-order valence-electron chi connectivity index (χ1n) is 7.30. The van der Waals surface area contributed by atoms with Gasteiger partial charge in [-0.2, -0.15) is 0 Å². The van der Waals surface area contributed by atoms with Crippen LogP contribution in [0.1, 0.15) is 5.69 Å². The van der Waals surface area contributed by atoms with Crippen molar-refractivity contribution in [3.63, 3.8) is 0 Å². The number of benzene rings is 1. The molecule has 0 N–H and O–H groups in total. The number of methoxy groups -OCH3 is 2. The van der Waals surface area contributed by atoms with Crippen molar-refractivity contribution >= 4 is 23.1 Å². The summed E-state index contributed by atoms with van der Waals surface area (Å²) >= 11 is 0. The second kappa shape index (κ2) is 6.91. The average Bonchev–Trinajstić information content (AvgIpc) is 2.97. The Hall–Kier alpha value is -3.22. The molecular weight excluding hydrogens is 308 g/mol. The van der Waals surface area contributed by atoms with Crippen LogP contribution in [-0.2, 0) is 16.0 Å². The predicted molar refractivity (Wildman–Crippen MR) is 88.1 cm³/mol. The van der Waals surface area contributed by atoms with E-state index in [1.54, 1.807) is 17.6 Å². The number of carbonyl (C=O) groups excluding carboxylic acids is 1. The fourth-order valence-electron chi connectivity index (χ4n) is 2.24. The third-order valence-electron chi connectivity index (χ3n) is 3.43. The lowest BCUT2D eigenvalue weighted by molar-refractivity contribution is -0.139. The molecule has 0 saturated heterocycles. The molecule has 3 rings (SSSR count). The highest BCUT2D eigenvalue weighted by Gasteiger charge is 2.15. The second-order valence-electron chi connectivity index (χ2n) is 4.97. The maximum atomic E-state index is 11.6. The van der Waals surface area contributed by atoms with Crippen molar-refractivity contribution in [2.45, 2.75) is 6.42 Å². The molecule has 24 heavy (non-hydrogen) atoms. The number of ether oxygens (including phenoxy) is 2. The number of hydrogen-bond donors (Lipinski definition) is 0. The SMILES string of the molecule is COC(=O)Cc1nc2ccccn2c1N=Nc1cccc(OC)c1. The highest BCUT2D eigenvalue weighted by molar-refractivity contribution is 5.74. The number of pyridine rings is 1. The van der Waals surface area contributed by atoms with Crippen LogP contribution in [0.5, 0.6) is 5.75 Å². The predicted octanol–water partition coefficient (Wildman–Crippen LogP) is 3.47. The number of hydrogen-bond acceptors (Lipinski definition) is 6. The number of aromatic nitrogens is 2. The lowest BCUT2D eigenvalue weighted by Gasteiger charge is -2.00. The molecule has 3 aromatic rings. The molecule has 0 bridgehead atoms. The number of fused-ring (bicyclic) bond motifs is 1. The molecule has 0 aliphatic heterocycles. The van der Waals surface area contributed by atoms with Gasteiger partial charge in [-0.1, -0.05) is 12.1 Å². The van der Waals surface area contributed by atoms with E-state index in [2.05, 4.69) is 15.2 Å². The number of carbonyl (C=O) groups is 1. The molecule has 122 valence electrons. The molecule has 7 heteroatoms. The van der Waals surface area contributed by atoms with E-state index in [4.69, 9.17) is 9.47 Å². The Morgan fingerprint density at radius 2 is 2.04 bits per heavy atom. The van der Waals surface area contributed by atoms with Gasteiger partial charge in [-0.15, -0.1) is 10.2 Å². The third kappa shape index (κ3) is 3.24. The Bertz CT molecular complexity index is 902. The van der Waals surface area contributed by atoms with Crippen molar-refractivity contribution in [1.29, 1.82) is 0 Å². The van der Waals surface area contributed by atoms with Gasteiger partial charge in [0.05, 0.1) is 32.0 Å². The number of nitrogens with zero attached hydrogens (tertiary/aromatic N) is 4. The van der Waals surface area contributed by atoms with Crippen molar-refractivity contribution in [2.24, 2.45) is 10.2 Å². The Kier molecular flexibility index (Phi) is 4.51. The Labute approximate surface area is 138 Å². The standard InChI is InChI=1S/C17H16N4O3/c1-23-13-7-5-6-12(10-13)19-20-17-14(11-16(22)24-2)18-15-8-3-4-9-21(15)17/h3-10H,11H2,1-2H3. The first-order valence-corrected chi connectivity index (χ1v) is 7.30. The van der Waals surface area contributed by atoms with E-state index in [0.717, 1.165) is 0 Å². The minimum atomic E-state index is -0.378. The van der Waals surface area contributed by atoms with E-state index >= 15 is 0 Å². The smallest absolute Gasteiger partial charge is 0.311 e. The van der Waals surface area contributed by atoms with Crippen LogP contribution in [0.3, 0.4) is 0 Å². The maximum Gasteiger partial charge on any atom is 0.311 e. The molecule has 2 heterocycles. The molecular formula is C17H16N4O3. The minimum absolute atomic E-state index is 0.0324. The van der Waals surface area contributed by atoms with Gasteiger partial charge in [0.15, 0.2) is 5.82 Å². The van der Waals surface area contributed by atoms with Gasteiger partial charge in [0, 0.05) is 12.3 Å². The summed E-state index contributed by atoms with van der Waals surface area (Å²) in [6, 6.07) is 12.8. The van der Waals surface area contributed by atoms with E-state index in [9.17, 15) is 4.79 Å². The molecule has 0 atom stereocenters. The van der Waals surface area contributed by atoms with Gasteiger partial charge in [-0.3, -0.25) is 9.20 Å². The quantitative estimate of drug-likeness (QED) is 0.532. The van der Waals surface area contributed by atoms with E-state index < -0.39 is 0 Å². The number of azo groups is 1. The fraction of sp³-hybridized carbons (Fsp3) is 0.176. The molecule has 0 aliphatic carbocycles. The molecule has 7 nitrogen and oxygen atoms in total. The zero-order chi connectivity index (χ0) is 16.9. The lowest BCUT2D eigenvalue weighted by Crippen LogP contribution is -2.04. The summed E-state index contributed by atoms with van der Waals surface area (Å²) in [5.41, 5.74) is 1.85. The van der Waals surface area contributed by atoms with Gasteiger partial charge in [0.2, 0.25) is 0 Å². The normalized spacial score (nSPS) is 11.1. The van der Waals surface area contributed by atoms with Crippen molar-refractivity contribution in [3.05, 3.63) is 54.4 Å². The zero-order valence-electron chi connectivity index (χ0n) is 13.3. The first-order chi connectivity index (χ1) is 11.7. The topological polar surface area (TPSA) is 77.5 Å². The van der Waals surface area contributed by atoms with Crippen LogP contribution in [0.4, 0.5) is 11.5 Å². The molecule has 0 saturated carbocycles. The largest absolute Gasteiger partial charge is 0.497 e. The van der Waals surface area contributed by atoms with Gasteiger partial charge in [0.25, 0.3) is 0 Å². The maximum absolute atomic E-state index is 11.6. The highest BCUT2D eigenvalue weighted by Crippen LogP contribution is 2.26. The summed E-state index contributed by atoms with van der Waals surface area (Å²) in [5.74, 6) is 0.814. The summed E-state index contributed by atoms with van der Waals surface area (Å²) in [5, 5.41) is 8.52. The van der Waals surface area contributed by atoms with Crippen LogP contribution < -0.4 is 4.74 Å². The molecule has 0 amide bonds. The Balaban J connectivity index is 2.01. The molecule has 0 fully saturated rings. The number of esters is 1. The van der Waals surface area contributed by atoms with Crippen LogP contribution in [0.15, 0.2) is 58.9 Å². The molecule has 0 spiro atoms. The molecule has 1 aromatic carbocycles. The zero-order valence-corrected chi connectivity index (χ0v) is 13.3. The average molecular weight is 324 g/mol. The summed E-state index contributed by atoms with van der Waals surface area (Å²) in [7, 11) is 2.94. The first kappa shape index (κ1) is 15.7. The van der Waals surface area contributed by atoms with Gasteiger partial charge >= 0.3 is 5.97 Å². The second-order valence-corrected chi connectivity index (χ2v) is 4.97. The van der Waals surface area contributed by atoms with Crippen LogP contribution in [0, 0.1) is 0 Å². The summed E-state index contributed by atoms with van der Waals surface area (Å²) in [6.07, 6.45) is 1.85. The van der Waals surface area contributed by atoms with Gasteiger partial charge in [0.1, 0.15) is 11.4 Å². The fourth-order valence-corrected chi connectivity index (χ4v) is 2.24. The van der Waals surface area contributed by atoms with Crippen molar-refractivity contribution in [1.82, 2.24) is 9.38 Å². The van der Waals surface area contributed by atoms with E-state index in [1.807, 2.05) is 42.6 Å². The summed E-state index contributed by atoms with van der Waals surface area (Å²) in [4.78, 5) is 16.0. The molecule has 0 radical (unpaired) electrons. The van der Waals surface area contributed by atoms with Gasteiger partial charge in [-0.25, -0.2) is 4.98 Å². The number of imidazole rings is 1. The third-order valence-corrected chi connectivity index (χ3v) is 3.43. The van der Waals surface area contributed by atoms with Crippen LogP contribution in [-0.4, -0.2) is 29.6 Å². The van der Waals surface area contributed by atoms with Crippen LogP contribution in [0.25, 0.3) is 5.65 Å². The number of rotatable bonds is 5. The van der Waals surface area contributed by atoms with Crippen LogP contribution >= 0.6 is 0 Å². The monoisotopic (exact) mass is 324 g/mol. The van der Waals surface area contributed by atoms with Gasteiger partial charge in [-0.05, 0) is 24.3 Å². The molecule has 0 aliphatic rings. The molecule has 0 unspecified atom stereocenters. The molecule has 2 aromatic heterocycles. The van der Waals surface area contributed by atoms with Crippen molar-refractivity contribution < 1.29 is 14.3 Å². The highest BCUT2D eigenvalue weighted by atomic mass is 16.5. The lowest BCUT2D eigenvalue weighted by atomic mass is 10.3. The summed E-state index contributed by atoms with van der Waals surface area (Å²) in [6.45, 7) is 0. The van der Waals surface area contributed by atoms with E-state index in [0.29, 0.717) is 28.6 Å². The van der Waals surface area contributed by atoms with Crippen molar-refractivity contribution in [3.8, 4) is 5.75 Å². The Morgan fingerprint density at radius 3 is 2.83 bits per heavy atom. The van der Waals surface area contributed by atoms with E-state index in [-0.39, 0.29) is 12.4 Å². The minimum Gasteiger partial charge on any atom is -0.497 e. The van der Waals surface area contributed by atoms with Crippen molar-refractivity contribution in [2.75, 3.05) is 14.2 Å². The summed E-state index contributed by atoms with van der Waals surface area (Å²) < 4.78 is 11.7. The Morgan fingerprint density at radius 1 is 1.17 bits per heavy atom.